The molecule has 7 rings (SSSR count). The van der Waals surface area contributed by atoms with Gasteiger partial charge in [-0.2, -0.15) is 0 Å². The zero-order chi connectivity index (χ0) is 34.8. The Balaban J connectivity index is 1.48. The first kappa shape index (κ1) is 32.2. The molecule has 50 heavy (non-hydrogen) atoms. The molecule has 0 unspecified atom stereocenters. The van der Waals surface area contributed by atoms with Crippen molar-refractivity contribution in [2.45, 2.75) is 26.3 Å². The van der Waals surface area contributed by atoms with Crippen molar-refractivity contribution in [1.82, 2.24) is 19.5 Å². The van der Waals surface area contributed by atoms with Gasteiger partial charge in [-0.3, -0.25) is 0 Å². The summed E-state index contributed by atoms with van der Waals surface area (Å²) in [4.78, 5) is 14.7. The van der Waals surface area contributed by atoms with E-state index in [-0.39, 0.29) is 5.76 Å². The number of benzene rings is 5. The van der Waals surface area contributed by atoms with E-state index in [2.05, 4.69) is 110 Å². The van der Waals surface area contributed by atoms with Crippen LogP contribution in [0.3, 0.4) is 0 Å². The summed E-state index contributed by atoms with van der Waals surface area (Å²) in [7, 11) is 0. The van der Waals surface area contributed by atoms with Gasteiger partial charge in [0.05, 0.1) is 11.1 Å². The lowest BCUT2D eigenvalue weighted by Crippen LogP contribution is -2.23. The summed E-state index contributed by atoms with van der Waals surface area (Å²) >= 11 is 0. The number of fused-ring (bicyclic) bond motifs is 3. The topological polar surface area (TPSA) is 63.8 Å². The van der Waals surface area contributed by atoms with Crippen molar-refractivity contribution in [3.8, 4) is 45.0 Å². The van der Waals surface area contributed by atoms with Crippen molar-refractivity contribution in [1.29, 1.82) is 0 Å². The van der Waals surface area contributed by atoms with Crippen LogP contribution >= 0.6 is 0 Å². The van der Waals surface area contributed by atoms with Crippen molar-refractivity contribution in [2.24, 2.45) is 0 Å². The molecule has 0 aliphatic heterocycles. The Morgan fingerprint density at radius 3 is 1.92 bits per heavy atom. The summed E-state index contributed by atoms with van der Waals surface area (Å²) in [5.74, 6) is 1.73. The quantitative estimate of drug-likeness (QED) is 0.125. The van der Waals surface area contributed by atoms with Gasteiger partial charge < -0.3 is 9.67 Å². The van der Waals surface area contributed by atoms with Crippen LogP contribution in [0.5, 0.6) is 0 Å². The minimum Gasteiger partial charge on any atom is -0.509 e. The number of para-hydroxylation sites is 1. The van der Waals surface area contributed by atoms with Gasteiger partial charge in [-0.25, -0.2) is 15.0 Å². The molecule has 5 nitrogen and oxygen atoms in total. The second kappa shape index (κ2) is 13.3. The van der Waals surface area contributed by atoms with Crippen LogP contribution in [0.2, 0.25) is 0 Å². The lowest BCUT2D eigenvalue weighted by atomic mass is 9.91. The van der Waals surface area contributed by atoms with Gasteiger partial charge in [-0.15, -0.1) is 0 Å². The van der Waals surface area contributed by atoms with Crippen molar-refractivity contribution in [3.63, 3.8) is 0 Å². The Labute approximate surface area is 293 Å². The fraction of sp³-hybridized carbons (Fsp3) is 0.0889. The highest BCUT2D eigenvalue weighted by Gasteiger charge is 2.25. The van der Waals surface area contributed by atoms with Crippen molar-refractivity contribution >= 4 is 27.4 Å². The van der Waals surface area contributed by atoms with Crippen LogP contribution < -0.4 is 0 Å². The van der Waals surface area contributed by atoms with Crippen molar-refractivity contribution < 1.29 is 5.11 Å². The molecule has 0 bridgehead atoms. The number of aromatic nitrogens is 4. The van der Waals surface area contributed by atoms with Gasteiger partial charge in [0.15, 0.2) is 17.5 Å². The first-order chi connectivity index (χ1) is 24.2. The molecule has 0 aliphatic carbocycles. The molecule has 0 aliphatic rings. The molecule has 0 saturated heterocycles. The van der Waals surface area contributed by atoms with Crippen LogP contribution in [0.4, 0.5) is 0 Å². The van der Waals surface area contributed by atoms with E-state index in [4.69, 9.17) is 15.0 Å². The molecule has 0 saturated carbocycles. The van der Waals surface area contributed by atoms with Crippen LogP contribution in [-0.2, 0) is 5.54 Å². The van der Waals surface area contributed by atoms with Crippen LogP contribution in [-0.4, -0.2) is 24.6 Å². The van der Waals surface area contributed by atoms with Crippen molar-refractivity contribution in [3.05, 3.63) is 170 Å². The number of rotatable bonds is 9. The largest absolute Gasteiger partial charge is 0.509 e. The van der Waals surface area contributed by atoms with Gasteiger partial charge in [0.1, 0.15) is 5.76 Å². The molecule has 0 amide bonds. The Hall–Kier alpha value is -6.33. The molecule has 2 aromatic heterocycles. The van der Waals surface area contributed by atoms with E-state index in [0.29, 0.717) is 17.5 Å². The highest BCUT2D eigenvalue weighted by Crippen LogP contribution is 2.42. The molecule has 2 heterocycles. The number of allylic oxidation sites excluding steroid dienone is 5. The van der Waals surface area contributed by atoms with Gasteiger partial charge in [-0.05, 0) is 73.4 Å². The second-order valence-corrected chi connectivity index (χ2v) is 12.9. The third kappa shape index (κ3) is 6.17. The fourth-order valence-electron chi connectivity index (χ4n) is 6.57. The average Bonchev–Trinajstić information content (AvgIpc) is 3.48. The van der Waals surface area contributed by atoms with Crippen LogP contribution in [0.1, 0.15) is 26.6 Å². The lowest BCUT2D eigenvalue weighted by molar-refractivity contribution is 0.429. The van der Waals surface area contributed by atoms with Crippen LogP contribution in [0, 0.1) is 0 Å². The third-order valence-electron chi connectivity index (χ3n) is 8.91. The summed E-state index contributed by atoms with van der Waals surface area (Å²) in [6.07, 6.45) is 7.52. The maximum Gasteiger partial charge on any atom is 0.164 e. The molecule has 5 heteroatoms. The fourth-order valence-corrected chi connectivity index (χ4v) is 6.57. The van der Waals surface area contributed by atoms with Gasteiger partial charge in [0.2, 0.25) is 0 Å². The Kier molecular flexibility index (Phi) is 8.57. The molecule has 5 aromatic carbocycles. The third-order valence-corrected chi connectivity index (χ3v) is 8.91. The van der Waals surface area contributed by atoms with Gasteiger partial charge in [0, 0.05) is 33.0 Å². The molecule has 244 valence electrons. The van der Waals surface area contributed by atoms with E-state index in [0.717, 1.165) is 60.8 Å². The summed E-state index contributed by atoms with van der Waals surface area (Å²) in [6.45, 7) is 14.2. The lowest BCUT2D eigenvalue weighted by Gasteiger charge is -2.26. The normalized spacial score (nSPS) is 12.0. The van der Waals surface area contributed by atoms with Gasteiger partial charge in [0.25, 0.3) is 0 Å². The maximum absolute atomic E-state index is 9.96. The summed E-state index contributed by atoms with van der Waals surface area (Å²) < 4.78 is 2.34. The smallest absolute Gasteiger partial charge is 0.164 e. The molecule has 0 atom stereocenters. The minimum atomic E-state index is -0.481. The molecular weight excluding hydrogens is 613 g/mol. The van der Waals surface area contributed by atoms with E-state index in [1.807, 2.05) is 67.6 Å². The second-order valence-electron chi connectivity index (χ2n) is 12.9. The van der Waals surface area contributed by atoms with Gasteiger partial charge in [-0.1, -0.05) is 128 Å². The van der Waals surface area contributed by atoms with E-state index in [1.165, 1.54) is 0 Å². The van der Waals surface area contributed by atoms with Crippen LogP contribution in [0.15, 0.2) is 165 Å². The summed E-state index contributed by atoms with van der Waals surface area (Å²) in [5.41, 5.74) is 8.58. The molecule has 1 N–H and O–H groups in total. The first-order valence-corrected chi connectivity index (χ1v) is 16.7. The summed E-state index contributed by atoms with van der Waals surface area (Å²) in [6, 6.07) is 42.0. The zero-order valence-electron chi connectivity index (χ0n) is 28.5. The maximum atomic E-state index is 9.96. The Morgan fingerprint density at radius 1 is 0.620 bits per heavy atom. The highest BCUT2D eigenvalue weighted by atomic mass is 16.3. The molecule has 0 spiro atoms. The van der Waals surface area contributed by atoms with E-state index in [1.54, 1.807) is 6.08 Å². The Morgan fingerprint density at radius 2 is 1.22 bits per heavy atom. The van der Waals surface area contributed by atoms with E-state index >= 15 is 0 Å². The number of aliphatic hydroxyl groups excluding tert-OH is 1. The Bertz CT molecular complexity index is 2450. The predicted molar refractivity (Wildman–Crippen MR) is 209 cm³/mol. The SMILES string of the molecule is C=C(O)/C=C\C(C)(C)n1c2ccccc2c2cc(-c3ccccc3)c(-c3cccc(-c4nc(C(=C)/C=C\C)nc(-c5ccccc5)n4)c3)cc21. The molecule has 7 aromatic rings. The number of nitrogens with zero attached hydrogens (tertiary/aromatic N) is 4. The molecule has 0 fully saturated rings. The van der Waals surface area contributed by atoms with Crippen molar-refractivity contribution in [2.75, 3.05) is 0 Å². The average molecular weight is 651 g/mol. The highest BCUT2D eigenvalue weighted by molar-refractivity contribution is 6.12. The van der Waals surface area contributed by atoms with E-state index in [9.17, 15) is 5.11 Å². The number of aliphatic hydroxyl groups is 1. The molecule has 0 radical (unpaired) electrons. The number of hydrogen-bond acceptors (Lipinski definition) is 4. The zero-order valence-corrected chi connectivity index (χ0v) is 28.5. The first-order valence-electron chi connectivity index (χ1n) is 16.7. The predicted octanol–water partition coefficient (Wildman–Crippen LogP) is 11.6. The molecular formula is C45H38N4O. The standard InChI is InChI=1S/C45H38N4O/c1-6-16-30(2)42-46-43(33-19-11-8-12-20-33)48-44(47-42)35-22-15-21-34(27-35)38-29-41-39(28-37(38)32-17-9-7-10-18-32)36-23-13-14-24-40(36)49(41)45(4,5)26-25-31(3)50/h6-29,50H,2-3H2,1,4-5H3/b16-6-,26-25-. The van der Waals surface area contributed by atoms with E-state index < -0.39 is 5.54 Å². The number of hydrogen-bond donors (Lipinski definition) is 1. The summed E-state index contributed by atoms with van der Waals surface area (Å²) in [5, 5.41) is 12.3. The monoisotopic (exact) mass is 650 g/mol. The minimum absolute atomic E-state index is 0.0221. The van der Waals surface area contributed by atoms with Gasteiger partial charge >= 0.3 is 0 Å². The van der Waals surface area contributed by atoms with Crippen LogP contribution in [0.25, 0.3) is 72.4 Å².